The standard InChI is InChI=1S/C24H23N3O/c1-18(19-10-4-2-5-11-19)16-25-23(28)17-27-22-15-9-8-14-21(22)24(26-27)20-12-6-3-7-13-20/h2-15,18H,16-17H2,1H3,(H,25,28)/t18-/m1/s1. The first kappa shape index (κ1) is 18.0. The number of benzene rings is 3. The van der Waals surface area contributed by atoms with Crippen LogP contribution in [-0.2, 0) is 11.3 Å². The van der Waals surface area contributed by atoms with E-state index >= 15 is 0 Å². The second-order valence-electron chi connectivity index (χ2n) is 7.01. The third-order valence-corrected chi connectivity index (χ3v) is 4.97. The molecule has 0 saturated heterocycles. The fourth-order valence-electron chi connectivity index (χ4n) is 3.42. The van der Waals surface area contributed by atoms with Gasteiger partial charge in [-0.3, -0.25) is 9.48 Å². The van der Waals surface area contributed by atoms with E-state index in [2.05, 4.69) is 30.4 Å². The van der Waals surface area contributed by atoms with E-state index < -0.39 is 0 Å². The highest BCUT2D eigenvalue weighted by Crippen LogP contribution is 2.27. The Balaban J connectivity index is 1.51. The van der Waals surface area contributed by atoms with Crippen molar-refractivity contribution < 1.29 is 4.79 Å². The zero-order valence-electron chi connectivity index (χ0n) is 15.9. The second-order valence-corrected chi connectivity index (χ2v) is 7.01. The van der Waals surface area contributed by atoms with Crippen molar-refractivity contribution in [1.29, 1.82) is 0 Å². The number of hydrogen-bond donors (Lipinski definition) is 1. The van der Waals surface area contributed by atoms with Crippen LogP contribution in [0.4, 0.5) is 0 Å². The zero-order valence-corrected chi connectivity index (χ0v) is 15.9. The summed E-state index contributed by atoms with van der Waals surface area (Å²) >= 11 is 0. The van der Waals surface area contributed by atoms with Crippen molar-refractivity contribution in [2.45, 2.75) is 19.4 Å². The molecule has 1 atom stereocenters. The summed E-state index contributed by atoms with van der Waals surface area (Å²) in [5.74, 6) is 0.232. The van der Waals surface area contributed by atoms with Crippen molar-refractivity contribution in [1.82, 2.24) is 15.1 Å². The number of rotatable bonds is 6. The van der Waals surface area contributed by atoms with Crippen LogP contribution in [0.25, 0.3) is 22.2 Å². The summed E-state index contributed by atoms with van der Waals surface area (Å²) in [6, 6.07) is 28.3. The maximum atomic E-state index is 12.6. The SMILES string of the molecule is C[C@H](CNC(=O)Cn1nc(-c2ccccc2)c2ccccc21)c1ccccc1. The maximum Gasteiger partial charge on any atom is 0.241 e. The molecule has 4 aromatic rings. The molecule has 0 saturated carbocycles. The molecule has 0 aliphatic carbocycles. The van der Waals surface area contributed by atoms with Crippen molar-refractivity contribution in [2.75, 3.05) is 6.54 Å². The normalized spacial score (nSPS) is 12.0. The molecule has 3 aromatic carbocycles. The van der Waals surface area contributed by atoms with E-state index in [1.165, 1.54) is 5.56 Å². The highest BCUT2D eigenvalue weighted by Gasteiger charge is 2.14. The number of nitrogens with one attached hydrogen (secondary N) is 1. The predicted octanol–water partition coefficient (Wildman–Crippen LogP) is 4.62. The average molecular weight is 369 g/mol. The van der Waals surface area contributed by atoms with Gasteiger partial charge in [0.15, 0.2) is 0 Å². The van der Waals surface area contributed by atoms with Gasteiger partial charge in [0.05, 0.1) is 5.52 Å². The lowest BCUT2D eigenvalue weighted by Gasteiger charge is -2.13. The van der Waals surface area contributed by atoms with Crippen molar-refractivity contribution in [2.24, 2.45) is 0 Å². The van der Waals surface area contributed by atoms with Crippen molar-refractivity contribution in [3.8, 4) is 11.3 Å². The monoisotopic (exact) mass is 369 g/mol. The molecule has 4 rings (SSSR count). The molecule has 28 heavy (non-hydrogen) atoms. The molecule has 1 aromatic heterocycles. The van der Waals surface area contributed by atoms with Gasteiger partial charge in [0, 0.05) is 17.5 Å². The smallest absolute Gasteiger partial charge is 0.241 e. The molecule has 0 aliphatic heterocycles. The summed E-state index contributed by atoms with van der Waals surface area (Å²) in [5.41, 5.74) is 4.14. The second kappa shape index (κ2) is 8.09. The topological polar surface area (TPSA) is 46.9 Å². The van der Waals surface area contributed by atoms with E-state index in [1.54, 1.807) is 4.68 Å². The number of amides is 1. The van der Waals surface area contributed by atoms with Gasteiger partial charge in [-0.2, -0.15) is 5.10 Å². The summed E-state index contributed by atoms with van der Waals surface area (Å²) < 4.78 is 1.79. The molecule has 1 heterocycles. The van der Waals surface area contributed by atoms with E-state index in [-0.39, 0.29) is 18.4 Å². The van der Waals surface area contributed by atoms with Gasteiger partial charge in [-0.15, -0.1) is 0 Å². The molecule has 0 unspecified atom stereocenters. The molecule has 0 bridgehead atoms. The molecule has 0 spiro atoms. The van der Waals surface area contributed by atoms with Gasteiger partial charge in [-0.05, 0) is 17.5 Å². The van der Waals surface area contributed by atoms with Crippen LogP contribution in [0.3, 0.4) is 0 Å². The molecule has 0 aliphatic rings. The molecular weight excluding hydrogens is 346 g/mol. The zero-order chi connectivity index (χ0) is 19.3. The first-order valence-corrected chi connectivity index (χ1v) is 9.55. The lowest BCUT2D eigenvalue weighted by molar-refractivity contribution is -0.121. The van der Waals surface area contributed by atoms with Crippen LogP contribution in [0.2, 0.25) is 0 Å². The summed E-state index contributed by atoms with van der Waals surface area (Å²) in [6.45, 7) is 2.93. The van der Waals surface area contributed by atoms with E-state index in [9.17, 15) is 4.79 Å². The first-order valence-electron chi connectivity index (χ1n) is 9.55. The Labute approximate surface area is 164 Å². The largest absolute Gasteiger partial charge is 0.354 e. The number of hydrogen-bond acceptors (Lipinski definition) is 2. The molecule has 1 N–H and O–H groups in total. The maximum absolute atomic E-state index is 12.6. The summed E-state index contributed by atoms with van der Waals surface area (Å²) in [4.78, 5) is 12.6. The molecule has 0 radical (unpaired) electrons. The first-order chi connectivity index (χ1) is 13.7. The number of carbonyl (C=O) groups excluding carboxylic acids is 1. The van der Waals surface area contributed by atoms with Gasteiger partial charge in [-0.25, -0.2) is 0 Å². The van der Waals surface area contributed by atoms with Gasteiger partial charge < -0.3 is 5.32 Å². The number of para-hydroxylation sites is 1. The van der Waals surface area contributed by atoms with Crippen LogP contribution >= 0.6 is 0 Å². The summed E-state index contributed by atoms with van der Waals surface area (Å²) in [5, 5.41) is 8.84. The molecule has 0 fully saturated rings. The van der Waals surface area contributed by atoms with Gasteiger partial charge in [0.25, 0.3) is 0 Å². The number of fused-ring (bicyclic) bond motifs is 1. The lowest BCUT2D eigenvalue weighted by atomic mass is 10.0. The van der Waals surface area contributed by atoms with Gasteiger partial charge in [0.1, 0.15) is 12.2 Å². The average Bonchev–Trinajstić information content (AvgIpc) is 3.12. The minimum absolute atomic E-state index is 0.0318. The Morgan fingerprint density at radius 1 is 0.929 bits per heavy atom. The van der Waals surface area contributed by atoms with Crippen LogP contribution in [0.5, 0.6) is 0 Å². The van der Waals surface area contributed by atoms with Gasteiger partial charge in [0.2, 0.25) is 5.91 Å². The van der Waals surface area contributed by atoms with Gasteiger partial charge in [-0.1, -0.05) is 85.8 Å². The molecular formula is C24H23N3O. The molecule has 140 valence electrons. The van der Waals surface area contributed by atoms with E-state index in [4.69, 9.17) is 5.10 Å². The lowest BCUT2D eigenvalue weighted by Crippen LogP contribution is -2.31. The Bertz CT molecular complexity index is 1070. The fourth-order valence-corrected chi connectivity index (χ4v) is 3.42. The highest BCUT2D eigenvalue weighted by atomic mass is 16.2. The van der Waals surface area contributed by atoms with Crippen molar-refractivity contribution in [3.63, 3.8) is 0 Å². The van der Waals surface area contributed by atoms with E-state index in [0.717, 1.165) is 22.2 Å². The minimum atomic E-state index is -0.0318. The summed E-state index contributed by atoms with van der Waals surface area (Å²) in [6.07, 6.45) is 0. The van der Waals surface area contributed by atoms with Crippen molar-refractivity contribution in [3.05, 3.63) is 90.5 Å². The Kier molecular flexibility index (Phi) is 5.20. The third kappa shape index (κ3) is 3.81. The Morgan fingerprint density at radius 2 is 1.57 bits per heavy atom. The Morgan fingerprint density at radius 3 is 2.32 bits per heavy atom. The van der Waals surface area contributed by atoms with Crippen molar-refractivity contribution >= 4 is 16.8 Å². The minimum Gasteiger partial charge on any atom is -0.354 e. The van der Waals surface area contributed by atoms with Crippen LogP contribution in [0, 0.1) is 0 Å². The van der Waals surface area contributed by atoms with Gasteiger partial charge >= 0.3 is 0 Å². The van der Waals surface area contributed by atoms with Crippen LogP contribution in [0.15, 0.2) is 84.9 Å². The molecule has 1 amide bonds. The van der Waals surface area contributed by atoms with Crippen LogP contribution in [-0.4, -0.2) is 22.2 Å². The predicted molar refractivity (Wildman–Crippen MR) is 113 cm³/mol. The summed E-state index contributed by atoms with van der Waals surface area (Å²) in [7, 11) is 0. The van der Waals surface area contributed by atoms with E-state index in [0.29, 0.717) is 6.54 Å². The number of carbonyl (C=O) groups is 1. The quantitative estimate of drug-likeness (QED) is 0.539. The number of nitrogens with zero attached hydrogens (tertiary/aromatic N) is 2. The highest BCUT2D eigenvalue weighted by molar-refractivity contribution is 5.94. The fraction of sp³-hybridized carbons (Fsp3) is 0.167. The van der Waals surface area contributed by atoms with Crippen LogP contribution < -0.4 is 5.32 Å². The van der Waals surface area contributed by atoms with E-state index in [1.807, 2.05) is 66.7 Å². The van der Waals surface area contributed by atoms with Crippen LogP contribution in [0.1, 0.15) is 18.4 Å². The Hall–Kier alpha value is -3.40. The number of aromatic nitrogens is 2. The molecule has 4 heteroatoms. The molecule has 4 nitrogen and oxygen atoms in total. The third-order valence-electron chi connectivity index (χ3n) is 4.97.